The molecule has 0 aliphatic heterocycles. The van der Waals surface area contributed by atoms with E-state index < -0.39 is 0 Å². The average Bonchev–Trinajstić information content (AvgIpc) is 2.38. The van der Waals surface area contributed by atoms with E-state index in [1.165, 1.54) is 11.3 Å². The van der Waals surface area contributed by atoms with E-state index in [2.05, 4.69) is 18.2 Å². The van der Waals surface area contributed by atoms with Crippen LogP contribution in [0.3, 0.4) is 0 Å². The average molecular weight is 251 g/mol. The first kappa shape index (κ1) is 15.9. The summed E-state index contributed by atoms with van der Waals surface area (Å²) in [6.45, 7) is 5.94. The van der Waals surface area contributed by atoms with Gasteiger partial charge in [-0.2, -0.15) is 11.8 Å². The van der Waals surface area contributed by atoms with Crippen LogP contribution in [-0.4, -0.2) is 30.6 Å². The van der Waals surface area contributed by atoms with Gasteiger partial charge in [0, 0.05) is 6.21 Å². The summed E-state index contributed by atoms with van der Waals surface area (Å²) in [6.07, 6.45) is 4.64. The van der Waals surface area contributed by atoms with E-state index in [9.17, 15) is 4.79 Å². The van der Waals surface area contributed by atoms with E-state index in [1.54, 1.807) is 13.1 Å². The second kappa shape index (κ2) is 10.1. The maximum absolute atomic E-state index is 10.3. The van der Waals surface area contributed by atoms with E-state index in [0.29, 0.717) is 0 Å². The van der Waals surface area contributed by atoms with Gasteiger partial charge in [-0.25, -0.2) is 0 Å². The molecule has 0 heterocycles. The SMILES string of the molecule is CCSC.Cc1ccc(C=NC(C)C=O)cc1. The predicted octanol–water partition coefficient (Wildman–Crippen LogP) is 3.37. The molecule has 1 atom stereocenters. The Morgan fingerprint density at radius 2 is 1.88 bits per heavy atom. The molecule has 0 amide bonds. The Hall–Kier alpha value is -1.09. The van der Waals surface area contributed by atoms with Gasteiger partial charge in [-0.05, 0) is 31.4 Å². The third kappa shape index (κ3) is 8.69. The predicted molar refractivity (Wildman–Crippen MR) is 78.4 cm³/mol. The van der Waals surface area contributed by atoms with Gasteiger partial charge in [-0.15, -0.1) is 0 Å². The highest BCUT2D eigenvalue weighted by Crippen LogP contribution is 2.00. The van der Waals surface area contributed by atoms with Crippen molar-refractivity contribution in [1.82, 2.24) is 0 Å². The summed E-state index contributed by atoms with van der Waals surface area (Å²) in [5, 5.41) is 0. The summed E-state index contributed by atoms with van der Waals surface area (Å²) in [7, 11) is 0. The van der Waals surface area contributed by atoms with E-state index >= 15 is 0 Å². The lowest BCUT2D eigenvalue weighted by Crippen LogP contribution is -1.98. The molecule has 0 fully saturated rings. The summed E-state index contributed by atoms with van der Waals surface area (Å²) in [5.41, 5.74) is 2.25. The number of carbonyl (C=O) groups excluding carboxylic acids is 1. The lowest BCUT2D eigenvalue weighted by molar-refractivity contribution is -0.108. The number of carbonyl (C=O) groups is 1. The fraction of sp³-hybridized carbons (Fsp3) is 0.429. The Kier molecular flexibility index (Phi) is 9.44. The number of aldehydes is 1. The molecule has 0 bridgehead atoms. The van der Waals surface area contributed by atoms with Gasteiger partial charge < -0.3 is 4.79 Å². The lowest BCUT2D eigenvalue weighted by Gasteiger charge is -1.95. The number of nitrogens with zero attached hydrogens (tertiary/aromatic N) is 1. The highest BCUT2D eigenvalue weighted by Gasteiger charge is 1.92. The third-order valence-corrected chi connectivity index (χ3v) is 2.60. The van der Waals surface area contributed by atoms with Gasteiger partial charge in [-0.3, -0.25) is 4.99 Å². The van der Waals surface area contributed by atoms with E-state index in [4.69, 9.17) is 0 Å². The van der Waals surface area contributed by atoms with Crippen molar-refractivity contribution >= 4 is 24.3 Å². The van der Waals surface area contributed by atoms with E-state index in [-0.39, 0.29) is 6.04 Å². The second-order valence-electron chi connectivity index (χ2n) is 3.64. The Balaban J connectivity index is 0.000000557. The topological polar surface area (TPSA) is 29.4 Å². The Labute approximate surface area is 109 Å². The quantitative estimate of drug-likeness (QED) is 0.606. The summed E-state index contributed by atoms with van der Waals surface area (Å²) in [5.74, 6) is 1.24. The van der Waals surface area contributed by atoms with Gasteiger partial charge in [0.15, 0.2) is 0 Å². The Morgan fingerprint density at radius 3 is 2.29 bits per heavy atom. The van der Waals surface area contributed by atoms with Crippen LogP contribution in [0.5, 0.6) is 0 Å². The maximum Gasteiger partial charge on any atom is 0.144 e. The maximum atomic E-state index is 10.3. The van der Waals surface area contributed by atoms with Crippen molar-refractivity contribution in [1.29, 1.82) is 0 Å². The van der Waals surface area contributed by atoms with E-state index in [0.717, 1.165) is 11.8 Å². The van der Waals surface area contributed by atoms with Gasteiger partial charge in [0.05, 0.1) is 0 Å². The first-order valence-corrected chi connectivity index (χ1v) is 7.07. The minimum Gasteiger partial charge on any atom is -0.301 e. The largest absolute Gasteiger partial charge is 0.301 e. The lowest BCUT2D eigenvalue weighted by atomic mass is 10.2. The fourth-order valence-corrected chi connectivity index (χ4v) is 0.891. The zero-order chi connectivity index (χ0) is 13.1. The van der Waals surface area contributed by atoms with Crippen LogP contribution in [0.1, 0.15) is 25.0 Å². The van der Waals surface area contributed by atoms with Gasteiger partial charge in [0.2, 0.25) is 0 Å². The fourth-order valence-electron chi connectivity index (χ4n) is 0.891. The van der Waals surface area contributed by atoms with Crippen molar-refractivity contribution in [3.63, 3.8) is 0 Å². The van der Waals surface area contributed by atoms with Crippen molar-refractivity contribution in [2.45, 2.75) is 26.8 Å². The summed E-state index contributed by atoms with van der Waals surface area (Å²) in [4.78, 5) is 14.3. The number of thioether (sulfide) groups is 1. The molecule has 1 rings (SSSR count). The highest BCUT2D eigenvalue weighted by atomic mass is 32.2. The standard InChI is InChI=1S/C11H13NO.C3H8S/c1-9-3-5-11(6-4-9)7-12-10(2)8-13;1-3-4-2/h3-8,10H,1-2H3;3H2,1-2H3. The van der Waals surface area contributed by atoms with Gasteiger partial charge in [0.1, 0.15) is 12.3 Å². The molecule has 0 aliphatic carbocycles. The molecule has 0 saturated carbocycles. The van der Waals surface area contributed by atoms with Crippen molar-refractivity contribution in [3.05, 3.63) is 35.4 Å². The molecule has 1 unspecified atom stereocenters. The Morgan fingerprint density at radius 1 is 1.35 bits per heavy atom. The van der Waals surface area contributed by atoms with Crippen molar-refractivity contribution in [3.8, 4) is 0 Å². The number of rotatable bonds is 4. The van der Waals surface area contributed by atoms with Crippen LogP contribution in [0.25, 0.3) is 0 Å². The molecule has 1 aromatic rings. The number of aryl methyl sites for hydroxylation is 1. The smallest absolute Gasteiger partial charge is 0.144 e. The van der Waals surface area contributed by atoms with E-state index in [1.807, 2.05) is 43.0 Å². The third-order valence-electron chi connectivity index (χ3n) is 2.02. The highest BCUT2D eigenvalue weighted by molar-refractivity contribution is 7.98. The number of benzene rings is 1. The first-order chi connectivity index (χ1) is 8.13. The summed E-state index contributed by atoms with van der Waals surface area (Å²) in [6, 6.07) is 7.76. The van der Waals surface area contributed by atoms with Crippen LogP contribution in [0, 0.1) is 6.92 Å². The molecule has 0 aromatic heterocycles. The second-order valence-corrected chi connectivity index (χ2v) is 4.80. The zero-order valence-electron chi connectivity index (χ0n) is 11.0. The minimum absolute atomic E-state index is 0.249. The van der Waals surface area contributed by atoms with Crippen LogP contribution < -0.4 is 0 Å². The molecule has 3 heteroatoms. The van der Waals surface area contributed by atoms with Crippen molar-refractivity contribution in [2.24, 2.45) is 4.99 Å². The summed E-state index contributed by atoms with van der Waals surface area (Å²) >= 11 is 1.86. The van der Waals surface area contributed by atoms with Crippen LogP contribution >= 0.6 is 11.8 Å². The van der Waals surface area contributed by atoms with Crippen LogP contribution in [-0.2, 0) is 4.79 Å². The molecule has 17 heavy (non-hydrogen) atoms. The van der Waals surface area contributed by atoms with Crippen LogP contribution in [0.4, 0.5) is 0 Å². The monoisotopic (exact) mass is 251 g/mol. The summed E-state index contributed by atoms with van der Waals surface area (Å²) < 4.78 is 0. The molecule has 2 nitrogen and oxygen atoms in total. The van der Waals surface area contributed by atoms with Gasteiger partial charge >= 0.3 is 0 Å². The molecule has 0 radical (unpaired) electrons. The zero-order valence-corrected chi connectivity index (χ0v) is 11.8. The molecule has 1 aromatic carbocycles. The molecular weight excluding hydrogens is 230 g/mol. The number of hydrogen-bond acceptors (Lipinski definition) is 3. The molecule has 94 valence electrons. The molecule has 0 saturated heterocycles. The van der Waals surface area contributed by atoms with Gasteiger partial charge in [-0.1, -0.05) is 36.8 Å². The minimum atomic E-state index is -0.249. The first-order valence-electron chi connectivity index (χ1n) is 5.68. The van der Waals surface area contributed by atoms with Crippen LogP contribution in [0.2, 0.25) is 0 Å². The molecule has 0 N–H and O–H groups in total. The number of hydrogen-bond donors (Lipinski definition) is 0. The number of aliphatic imine (C=N–C) groups is 1. The normalized spacial score (nSPS) is 11.8. The molecule has 0 spiro atoms. The molecule has 0 aliphatic rings. The Bertz CT molecular complexity index is 331. The van der Waals surface area contributed by atoms with Crippen LogP contribution in [0.15, 0.2) is 29.3 Å². The van der Waals surface area contributed by atoms with Gasteiger partial charge in [0.25, 0.3) is 0 Å². The van der Waals surface area contributed by atoms with Crippen molar-refractivity contribution in [2.75, 3.05) is 12.0 Å². The molecular formula is C14H21NOS. The van der Waals surface area contributed by atoms with Crippen molar-refractivity contribution < 1.29 is 4.79 Å².